The third kappa shape index (κ3) is 4.09. The number of carbonyl (C=O) groups is 2. The van der Waals surface area contributed by atoms with Crippen LogP contribution in [0, 0.1) is 0 Å². The second-order valence-corrected chi connectivity index (χ2v) is 5.68. The number of nitrogens with zero attached hydrogens (tertiary/aromatic N) is 1. The Labute approximate surface area is 113 Å². The van der Waals surface area contributed by atoms with Gasteiger partial charge in [0.05, 0.1) is 5.97 Å². The van der Waals surface area contributed by atoms with Gasteiger partial charge in [-0.25, -0.2) is 4.79 Å². The first-order chi connectivity index (χ1) is 8.70. The van der Waals surface area contributed by atoms with Gasteiger partial charge in [0.25, 0.3) is 0 Å². The van der Waals surface area contributed by atoms with Crippen LogP contribution in [-0.2, 0) is 14.3 Å². The molecule has 1 heterocycles. The third-order valence-electron chi connectivity index (χ3n) is 3.02. The van der Waals surface area contributed by atoms with Crippen molar-refractivity contribution in [1.82, 2.24) is 4.90 Å². The largest absolute Gasteiger partial charge is 0.547 e. The van der Waals surface area contributed by atoms with Gasteiger partial charge in [-0.1, -0.05) is 0 Å². The summed E-state index contributed by atoms with van der Waals surface area (Å²) in [5, 5.41) is 11.2. The van der Waals surface area contributed by atoms with E-state index in [0.29, 0.717) is 19.7 Å². The van der Waals surface area contributed by atoms with E-state index in [1.165, 1.54) is 4.90 Å². The highest BCUT2D eigenvalue weighted by Gasteiger charge is 2.38. The van der Waals surface area contributed by atoms with E-state index >= 15 is 0 Å². The quantitative estimate of drug-likeness (QED) is 0.749. The molecule has 0 saturated carbocycles. The number of hydrogen-bond donors (Lipinski definition) is 0. The average Bonchev–Trinajstić information content (AvgIpc) is 2.27. The van der Waals surface area contributed by atoms with E-state index in [-0.39, 0.29) is 12.8 Å². The van der Waals surface area contributed by atoms with E-state index in [1.807, 2.05) is 0 Å². The molecule has 110 valence electrons. The highest BCUT2D eigenvalue weighted by Crippen LogP contribution is 2.27. The fourth-order valence-electron chi connectivity index (χ4n) is 2.06. The Hall–Kier alpha value is -1.30. The summed E-state index contributed by atoms with van der Waals surface area (Å²) in [4.78, 5) is 24.6. The van der Waals surface area contributed by atoms with Crippen molar-refractivity contribution in [3.8, 4) is 0 Å². The van der Waals surface area contributed by atoms with Gasteiger partial charge in [0.1, 0.15) is 11.2 Å². The molecule has 0 N–H and O–H groups in total. The number of aliphatic carboxylic acids is 1. The van der Waals surface area contributed by atoms with Gasteiger partial charge in [0, 0.05) is 19.7 Å². The number of likely N-dealkylation sites (tertiary alicyclic amines) is 1. The van der Waals surface area contributed by atoms with Gasteiger partial charge in [-0.2, -0.15) is 0 Å². The van der Waals surface area contributed by atoms with E-state index in [1.54, 1.807) is 27.7 Å². The van der Waals surface area contributed by atoms with Crippen molar-refractivity contribution in [2.24, 2.45) is 0 Å². The fourth-order valence-corrected chi connectivity index (χ4v) is 2.06. The molecule has 0 bridgehead atoms. The number of amides is 1. The first-order valence-electron chi connectivity index (χ1n) is 6.53. The molecule has 1 saturated heterocycles. The Balaban J connectivity index is 2.61. The molecule has 1 amide bonds. The van der Waals surface area contributed by atoms with Crippen LogP contribution in [0.15, 0.2) is 0 Å². The van der Waals surface area contributed by atoms with E-state index in [9.17, 15) is 14.7 Å². The van der Waals surface area contributed by atoms with Crippen LogP contribution in [0.25, 0.3) is 0 Å². The Bertz CT molecular complexity index is 339. The predicted octanol–water partition coefficient (Wildman–Crippen LogP) is 0.542. The molecule has 0 aromatic heterocycles. The van der Waals surface area contributed by atoms with Crippen LogP contribution >= 0.6 is 0 Å². The number of hydrogen-bond acceptors (Lipinski definition) is 5. The average molecular weight is 272 g/mol. The van der Waals surface area contributed by atoms with Crippen molar-refractivity contribution < 1.29 is 24.2 Å². The molecule has 6 nitrogen and oxygen atoms in total. The molecule has 0 aromatic carbocycles. The number of carbonyl (C=O) groups excluding carboxylic acids is 2. The van der Waals surface area contributed by atoms with Gasteiger partial charge in [-0.3, -0.25) is 0 Å². The summed E-state index contributed by atoms with van der Waals surface area (Å²) in [6, 6.07) is 0. The lowest BCUT2D eigenvalue weighted by atomic mass is 9.91. The third-order valence-corrected chi connectivity index (χ3v) is 3.02. The Morgan fingerprint density at radius 1 is 1.26 bits per heavy atom. The van der Waals surface area contributed by atoms with Crippen LogP contribution in [0.2, 0.25) is 0 Å². The van der Waals surface area contributed by atoms with Crippen molar-refractivity contribution in [3.05, 3.63) is 0 Å². The van der Waals surface area contributed by atoms with Gasteiger partial charge in [-0.15, -0.1) is 0 Å². The van der Waals surface area contributed by atoms with E-state index in [0.717, 1.165) is 0 Å². The van der Waals surface area contributed by atoms with Gasteiger partial charge in [-0.05, 0) is 40.5 Å². The van der Waals surface area contributed by atoms with E-state index < -0.39 is 23.3 Å². The van der Waals surface area contributed by atoms with E-state index in [2.05, 4.69) is 0 Å². The second kappa shape index (κ2) is 5.77. The number of carboxylic acid groups (broad SMARTS) is 1. The second-order valence-electron chi connectivity index (χ2n) is 5.68. The molecule has 1 fully saturated rings. The lowest BCUT2D eigenvalue weighted by Crippen LogP contribution is -2.57. The van der Waals surface area contributed by atoms with Crippen LogP contribution in [-0.4, -0.2) is 47.9 Å². The molecular formula is C13H22NO5-. The van der Waals surface area contributed by atoms with Crippen LogP contribution in [0.5, 0.6) is 0 Å². The normalized spacial score (nSPS) is 19.1. The van der Waals surface area contributed by atoms with Gasteiger partial charge in [0.15, 0.2) is 0 Å². The molecule has 0 radical (unpaired) electrons. The molecule has 0 aromatic rings. The lowest BCUT2D eigenvalue weighted by molar-refractivity contribution is -0.330. The zero-order chi connectivity index (χ0) is 14.7. The summed E-state index contributed by atoms with van der Waals surface area (Å²) in [6.45, 7) is 8.01. The van der Waals surface area contributed by atoms with Gasteiger partial charge in [0.2, 0.25) is 0 Å². The maximum Gasteiger partial charge on any atom is 0.410 e. The molecule has 0 atom stereocenters. The number of carboxylic acids is 1. The predicted molar refractivity (Wildman–Crippen MR) is 66.4 cm³/mol. The monoisotopic (exact) mass is 272 g/mol. The summed E-state index contributed by atoms with van der Waals surface area (Å²) in [7, 11) is 0. The molecule has 0 unspecified atom stereocenters. The summed E-state index contributed by atoms with van der Waals surface area (Å²) < 4.78 is 10.6. The zero-order valence-electron chi connectivity index (χ0n) is 12.0. The molecule has 1 aliphatic heterocycles. The van der Waals surface area contributed by atoms with Crippen molar-refractivity contribution in [3.63, 3.8) is 0 Å². The molecule has 1 aliphatic rings. The molecule has 1 rings (SSSR count). The standard InChI is InChI=1S/C13H23NO5/c1-5-18-13(10(15)16)6-8-14(9-7-13)11(17)19-12(2,3)4/h5-9H2,1-4H3,(H,15,16)/p-1. The van der Waals surface area contributed by atoms with Crippen LogP contribution < -0.4 is 5.11 Å². The SMILES string of the molecule is CCOC1(C(=O)[O-])CCN(C(=O)OC(C)(C)C)CC1. The Kier molecular flexibility index (Phi) is 4.79. The minimum atomic E-state index is -1.27. The summed E-state index contributed by atoms with van der Waals surface area (Å²) in [5.41, 5.74) is -1.83. The molecule has 0 aliphatic carbocycles. The minimum absolute atomic E-state index is 0.225. The minimum Gasteiger partial charge on any atom is -0.547 e. The Morgan fingerprint density at radius 2 is 1.79 bits per heavy atom. The first kappa shape index (κ1) is 15.8. The topological polar surface area (TPSA) is 78.9 Å². The summed E-state index contributed by atoms with van der Waals surface area (Å²) in [5.74, 6) is -1.21. The lowest BCUT2D eigenvalue weighted by Gasteiger charge is -2.42. The van der Waals surface area contributed by atoms with E-state index in [4.69, 9.17) is 9.47 Å². The van der Waals surface area contributed by atoms with Gasteiger partial charge < -0.3 is 24.3 Å². The number of rotatable bonds is 3. The van der Waals surface area contributed by atoms with Crippen LogP contribution in [0.4, 0.5) is 4.79 Å². The molecule has 0 spiro atoms. The summed E-state index contributed by atoms with van der Waals surface area (Å²) >= 11 is 0. The maximum atomic E-state index is 11.9. The first-order valence-corrected chi connectivity index (χ1v) is 6.53. The molecule has 6 heteroatoms. The highest BCUT2D eigenvalue weighted by atomic mass is 16.6. The Morgan fingerprint density at radius 3 is 2.16 bits per heavy atom. The number of piperidine rings is 1. The molecule has 19 heavy (non-hydrogen) atoms. The fraction of sp³-hybridized carbons (Fsp3) is 0.846. The number of ether oxygens (including phenoxy) is 2. The van der Waals surface area contributed by atoms with Crippen LogP contribution in [0.3, 0.4) is 0 Å². The zero-order valence-corrected chi connectivity index (χ0v) is 12.0. The van der Waals surface area contributed by atoms with Crippen molar-refractivity contribution in [2.75, 3.05) is 19.7 Å². The van der Waals surface area contributed by atoms with Crippen molar-refractivity contribution in [2.45, 2.75) is 51.7 Å². The van der Waals surface area contributed by atoms with Crippen molar-refractivity contribution >= 4 is 12.1 Å². The smallest absolute Gasteiger partial charge is 0.410 e. The van der Waals surface area contributed by atoms with Crippen LogP contribution in [0.1, 0.15) is 40.5 Å². The maximum absolute atomic E-state index is 11.9. The highest BCUT2D eigenvalue weighted by molar-refractivity contribution is 5.76. The van der Waals surface area contributed by atoms with Crippen molar-refractivity contribution in [1.29, 1.82) is 0 Å². The summed E-state index contributed by atoms with van der Waals surface area (Å²) in [6.07, 6.45) is 0.0288. The molecular weight excluding hydrogens is 250 g/mol. The van der Waals surface area contributed by atoms with Gasteiger partial charge >= 0.3 is 6.09 Å².